The number of hydrogen-bond acceptors (Lipinski definition) is 3. The number of nitrogens with zero attached hydrogens (tertiary/aromatic N) is 3. The molecule has 0 aliphatic carbocycles. The first-order valence-corrected chi connectivity index (χ1v) is 9.32. The molecule has 25 heavy (non-hydrogen) atoms. The molecule has 1 fully saturated rings. The highest BCUT2D eigenvalue weighted by Gasteiger charge is 2.19. The molecule has 0 aromatic heterocycles. The fourth-order valence-corrected chi connectivity index (χ4v) is 3.34. The van der Waals surface area contributed by atoms with Crippen molar-refractivity contribution in [3.63, 3.8) is 0 Å². The number of benzene rings is 1. The van der Waals surface area contributed by atoms with Crippen LogP contribution in [0.5, 0.6) is 0 Å². The zero-order valence-electron chi connectivity index (χ0n) is 15.4. The molecule has 0 saturated carbocycles. The standard InChI is InChI=1S/C20H30N4O/c1-3-21-20(23(2)15-18-10-13-25-16-18)22-14-17-6-8-19(9-7-17)24-11-4-5-12-24/h4-9,18H,3,10-16H2,1-2H3,(H,21,22). The molecule has 0 spiro atoms. The van der Waals surface area contributed by atoms with Crippen molar-refractivity contribution in [3.05, 3.63) is 42.0 Å². The minimum Gasteiger partial charge on any atom is -0.381 e. The van der Waals surface area contributed by atoms with Crippen LogP contribution in [0.4, 0.5) is 5.69 Å². The maximum absolute atomic E-state index is 5.48. The Bertz CT molecular complexity index is 582. The van der Waals surface area contributed by atoms with Gasteiger partial charge in [0.25, 0.3) is 0 Å². The fraction of sp³-hybridized carbons (Fsp3) is 0.550. The lowest BCUT2D eigenvalue weighted by Crippen LogP contribution is -2.41. The number of rotatable bonds is 6. The number of hydrogen-bond donors (Lipinski definition) is 1. The summed E-state index contributed by atoms with van der Waals surface area (Å²) in [5.74, 6) is 1.59. The fourth-order valence-electron chi connectivity index (χ4n) is 3.34. The van der Waals surface area contributed by atoms with Crippen molar-refractivity contribution in [1.82, 2.24) is 10.2 Å². The summed E-state index contributed by atoms with van der Waals surface area (Å²) in [6.07, 6.45) is 5.58. The van der Waals surface area contributed by atoms with E-state index in [-0.39, 0.29) is 0 Å². The van der Waals surface area contributed by atoms with Crippen molar-refractivity contribution >= 4 is 11.6 Å². The van der Waals surface area contributed by atoms with Gasteiger partial charge < -0.3 is 19.9 Å². The van der Waals surface area contributed by atoms with Gasteiger partial charge in [-0.05, 0) is 31.0 Å². The van der Waals surface area contributed by atoms with Crippen molar-refractivity contribution in [1.29, 1.82) is 0 Å². The van der Waals surface area contributed by atoms with E-state index in [4.69, 9.17) is 9.73 Å². The first-order valence-electron chi connectivity index (χ1n) is 9.32. The summed E-state index contributed by atoms with van der Waals surface area (Å²) in [5, 5.41) is 3.40. The number of ether oxygens (including phenoxy) is 1. The largest absolute Gasteiger partial charge is 0.381 e. The summed E-state index contributed by atoms with van der Waals surface area (Å²) < 4.78 is 5.48. The summed E-state index contributed by atoms with van der Waals surface area (Å²) in [7, 11) is 2.11. The van der Waals surface area contributed by atoms with Crippen LogP contribution in [-0.2, 0) is 11.3 Å². The molecule has 0 bridgehead atoms. The Kier molecular flexibility index (Phi) is 6.34. The van der Waals surface area contributed by atoms with Crippen molar-refractivity contribution in [2.45, 2.75) is 19.9 Å². The van der Waals surface area contributed by atoms with Crippen molar-refractivity contribution < 1.29 is 4.74 Å². The third-order valence-corrected chi connectivity index (χ3v) is 4.78. The molecular weight excluding hydrogens is 312 g/mol. The van der Waals surface area contributed by atoms with Gasteiger partial charge in [-0.2, -0.15) is 0 Å². The van der Waals surface area contributed by atoms with Gasteiger partial charge in [0.05, 0.1) is 13.2 Å². The van der Waals surface area contributed by atoms with Crippen LogP contribution in [0.25, 0.3) is 0 Å². The van der Waals surface area contributed by atoms with E-state index in [1.807, 2.05) is 0 Å². The quantitative estimate of drug-likeness (QED) is 0.490. The first kappa shape index (κ1) is 17.8. The Morgan fingerprint density at radius 2 is 2.04 bits per heavy atom. The van der Waals surface area contributed by atoms with E-state index in [1.54, 1.807) is 0 Å². The van der Waals surface area contributed by atoms with Gasteiger partial charge in [-0.1, -0.05) is 24.3 Å². The van der Waals surface area contributed by atoms with Gasteiger partial charge in [-0.3, -0.25) is 0 Å². The minimum atomic E-state index is 0.613. The molecule has 0 amide bonds. The average molecular weight is 342 g/mol. The third-order valence-electron chi connectivity index (χ3n) is 4.78. The van der Waals surface area contributed by atoms with Crippen LogP contribution < -0.4 is 10.2 Å². The van der Waals surface area contributed by atoms with Gasteiger partial charge in [0, 0.05) is 51.4 Å². The summed E-state index contributed by atoms with van der Waals surface area (Å²) in [4.78, 5) is 9.40. The molecule has 1 N–H and O–H groups in total. The van der Waals surface area contributed by atoms with Crippen molar-refractivity contribution in [2.75, 3.05) is 51.3 Å². The Morgan fingerprint density at radius 3 is 2.68 bits per heavy atom. The topological polar surface area (TPSA) is 40.1 Å². The van der Waals surface area contributed by atoms with Crippen LogP contribution in [0.15, 0.2) is 41.4 Å². The second-order valence-electron chi connectivity index (χ2n) is 6.82. The molecule has 1 saturated heterocycles. The Balaban J connectivity index is 1.58. The predicted octanol–water partition coefficient (Wildman–Crippen LogP) is 2.50. The first-order chi connectivity index (χ1) is 12.3. The number of aliphatic imine (C=N–C) groups is 1. The van der Waals surface area contributed by atoms with E-state index in [2.05, 4.69) is 65.5 Å². The molecule has 2 aliphatic rings. The summed E-state index contributed by atoms with van der Waals surface area (Å²) in [6.45, 7) is 8.47. The van der Waals surface area contributed by atoms with Gasteiger partial charge in [0.1, 0.15) is 0 Å². The van der Waals surface area contributed by atoms with Crippen molar-refractivity contribution in [3.8, 4) is 0 Å². The lowest BCUT2D eigenvalue weighted by molar-refractivity contribution is 0.181. The van der Waals surface area contributed by atoms with Crippen LogP contribution in [0.1, 0.15) is 18.9 Å². The Hall–Kier alpha value is -2.01. The highest BCUT2D eigenvalue weighted by molar-refractivity contribution is 5.79. The van der Waals surface area contributed by atoms with E-state index in [0.29, 0.717) is 12.5 Å². The summed E-state index contributed by atoms with van der Waals surface area (Å²) in [5.41, 5.74) is 2.52. The molecular formula is C20H30N4O. The SMILES string of the molecule is CCNC(=NCc1ccc(N2CC=CC2)cc1)N(C)CC1CCOC1. The summed E-state index contributed by atoms with van der Waals surface area (Å²) >= 11 is 0. The number of nitrogens with one attached hydrogen (secondary N) is 1. The molecule has 1 aromatic carbocycles. The van der Waals surface area contributed by atoms with Gasteiger partial charge in [0.15, 0.2) is 5.96 Å². The maximum atomic E-state index is 5.48. The summed E-state index contributed by atoms with van der Waals surface area (Å²) in [6, 6.07) is 8.77. The Morgan fingerprint density at radius 1 is 1.28 bits per heavy atom. The van der Waals surface area contributed by atoms with Crippen LogP contribution in [0, 0.1) is 5.92 Å². The average Bonchev–Trinajstić information content (AvgIpc) is 3.33. The van der Waals surface area contributed by atoms with Gasteiger partial charge in [0.2, 0.25) is 0 Å². The number of anilines is 1. The van der Waals surface area contributed by atoms with E-state index >= 15 is 0 Å². The van der Waals surface area contributed by atoms with E-state index in [0.717, 1.165) is 51.8 Å². The second-order valence-corrected chi connectivity index (χ2v) is 6.82. The molecule has 5 heteroatoms. The van der Waals surface area contributed by atoms with Gasteiger partial charge >= 0.3 is 0 Å². The molecule has 5 nitrogen and oxygen atoms in total. The van der Waals surface area contributed by atoms with Gasteiger partial charge in [-0.15, -0.1) is 0 Å². The second kappa shape index (κ2) is 8.90. The zero-order valence-corrected chi connectivity index (χ0v) is 15.4. The molecule has 2 heterocycles. The highest BCUT2D eigenvalue weighted by Crippen LogP contribution is 2.18. The zero-order chi connectivity index (χ0) is 17.5. The normalized spacial score (nSPS) is 20.3. The molecule has 1 atom stereocenters. The maximum Gasteiger partial charge on any atom is 0.193 e. The molecule has 0 radical (unpaired) electrons. The predicted molar refractivity (Wildman–Crippen MR) is 104 cm³/mol. The molecule has 2 aliphatic heterocycles. The lowest BCUT2D eigenvalue weighted by Gasteiger charge is -2.24. The van der Waals surface area contributed by atoms with Crippen LogP contribution in [0.2, 0.25) is 0 Å². The van der Waals surface area contributed by atoms with Crippen LogP contribution in [-0.4, -0.2) is 57.3 Å². The van der Waals surface area contributed by atoms with Gasteiger partial charge in [-0.25, -0.2) is 4.99 Å². The van der Waals surface area contributed by atoms with Crippen LogP contribution >= 0.6 is 0 Å². The van der Waals surface area contributed by atoms with E-state index in [9.17, 15) is 0 Å². The molecule has 136 valence electrons. The minimum absolute atomic E-state index is 0.613. The monoisotopic (exact) mass is 342 g/mol. The Labute approximate surface area is 151 Å². The molecule has 1 aromatic rings. The highest BCUT2D eigenvalue weighted by atomic mass is 16.5. The van der Waals surface area contributed by atoms with Crippen LogP contribution in [0.3, 0.4) is 0 Å². The molecule has 3 rings (SSSR count). The lowest BCUT2D eigenvalue weighted by atomic mass is 10.1. The van der Waals surface area contributed by atoms with Crippen molar-refractivity contribution in [2.24, 2.45) is 10.9 Å². The smallest absolute Gasteiger partial charge is 0.193 e. The van der Waals surface area contributed by atoms with E-state index < -0.39 is 0 Å². The number of guanidine groups is 1. The third kappa shape index (κ3) is 4.98. The molecule has 1 unspecified atom stereocenters. The van der Waals surface area contributed by atoms with E-state index in [1.165, 1.54) is 11.3 Å².